The normalized spacial score (nSPS) is 13.9. The average Bonchev–Trinajstić information content (AvgIpc) is 2.14. The molecule has 0 saturated heterocycles. The molecule has 0 amide bonds. The summed E-state index contributed by atoms with van der Waals surface area (Å²) < 4.78 is 0. The van der Waals surface area contributed by atoms with Crippen molar-refractivity contribution >= 4 is 0 Å². The van der Waals surface area contributed by atoms with Crippen LogP contribution < -0.4 is 5.32 Å². The molecule has 0 aromatic heterocycles. The summed E-state index contributed by atoms with van der Waals surface area (Å²) in [7, 11) is 0. The third kappa shape index (κ3) is 4.32. The van der Waals surface area contributed by atoms with Crippen LogP contribution in [0.1, 0.15) is 32.4 Å². The van der Waals surface area contributed by atoms with E-state index in [0.717, 1.165) is 5.56 Å². The van der Waals surface area contributed by atoms with Crippen molar-refractivity contribution < 1.29 is 10.2 Å². The Kier molecular flexibility index (Phi) is 3.72. The molecule has 3 N–H and O–H groups in total. The highest BCUT2D eigenvalue weighted by atomic mass is 16.3. The van der Waals surface area contributed by atoms with E-state index in [4.69, 9.17) is 5.11 Å². The number of benzene rings is 1. The Balaban J connectivity index is 2.54. The highest BCUT2D eigenvalue weighted by Crippen LogP contribution is 2.16. The maximum Gasteiger partial charge on any atom is 0.115 e. The molecule has 84 valence electrons. The zero-order valence-corrected chi connectivity index (χ0v) is 9.49. The third-order valence-electron chi connectivity index (χ3n) is 2.23. The van der Waals surface area contributed by atoms with E-state index in [0.29, 0.717) is 6.54 Å². The van der Waals surface area contributed by atoms with Gasteiger partial charge in [-0.15, -0.1) is 0 Å². The first kappa shape index (κ1) is 12.0. The quantitative estimate of drug-likeness (QED) is 0.709. The molecule has 1 atom stereocenters. The van der Waals surface area contributed by atoms with Gasteiger partial charge in [0.25, 0.3) is 0 Å². The van der Waals surface area contributed by atoms with Gasteiger partial charge in [0, 0.05) is 12.6 Å². The van der Waals surface area contributed by atoms with E-state index < -0.39 is 5.60 Å². The Hall–Kier alpha value is -1.06. The van der Waals surface area contributed by atoms with Crippen molar-refractivity contribution in [2.45, 2.75) is 32.4 Å². The molecule has 0 heterocycles. The van der Waals surface area contributed by atoms with Gasteiger partial charge < -0.3 is 15.5 Å². The molecule has 0 fully saturated rings. The first-order valence-electron chi connectivity index (χ1n) is 5.13. The second kappa shape index (κ2) is 4.64. The number of aromatic hydroxyl groups is 1. The Morgan fingerprint density at radius 1 is 1.27 bits per heavy atom. The van der Waals surface area contributed by atoms with Gasteiger partial charge >= 0.3 is 0 Å². The van der Waals surface area contributed by atoms with Crippen LogP contribution in [0.2, 0.25) is 0 Å². The lowest BCUT2D eigenvalue weighted by Crippen LogP contribution is -2.36. The standard InChI is InChI=1S/C12H19NO2/c1-9(13-8-12(2,3)15)10-4-6-11(14)7-5-10/h4-7,9,13-15H,8H2,1-3H3. The van der Waals surface area contributed by atoms with E-state index in [-0.39, 0.29) is 11.8 Å². The van der Waals surface area contributed by atoms with Gasteiger partial charge in [0.1, 0.15) is 5.75 Å². The van der Waals surface area contributed by atoms with Crippen molar-refractivity contribution in [1.29, 1.82) is 0 Å². The number of rotatable bonds is 4. The number of nitrogens with one attached hydrogen (secondary N) is 1. The second-order valence-electron chi connectivity index (χ2n) is 4.51. The summed E-state index contributed by atoms with van der Waals surface area (Å²) in [6.45, 7) is 6.10. The Morgan fingerprint density at radius 3 is 2.27 bits per heavy atom. The van der Waals surface area contributed by atoms with Crippen molar-refractivity contribution in [2.24, 2.45) is 0 Å². The number of hydrogen-bond donors (Lipinski definition) is 3. The smallest absolute Gasteiger partial charge is 0.115 e. The second-order valence-corrected chi connectivity index (χ2v) is 4.51. The predicted octanol–water partition coefficient (Wildman–Crippen LogP) is 1.81. The Labute approximate surface area is 90.8 Å². The molecule has 3 nitrogen and oxygen atoms in total. The zero-order chi connectivity index (χ0) is 11.5. The van der Waals surface area contributed by atoms with Gasteiger partial charge in [-0.3, -0.25) is 0 Å². The van der Waals surface area contributed by atoms with Crippen LogP contribution in [0.3, 0.4) is 0 Å². The van der Waals surface area contributed by atoms with Gasteiger partial charge in [0.15, 0.2) is 0 Å². The maximum atomic E-state index is 9.56. The molecule has 0 spiro atoms. The summed E-state index contributed by atoms with van der Waals surface area (Å²) >= 11 is 0. The molecule has 0 aliphatic carbocycles. The van der Waals surface area contributed by atoms with Crippen molar-refractivity contribution in [3.8, 4) is 5.75 Å². The summed E-state index contributed by atoms with van der Waals surface area (Å²) in [5.74, 6) is 0.272. The molecule has 0 bridgehead atoms. The molecule has 1 aromatic rings. The van der Waals surface area contributed by atoms with Crippen LogP contribution in [0.5, 0.6) is 5.75 Å². The summed E-state index contributed by atoms with van der Waals surface area (Å²) in [5, 5.41) is 21.9. The van der Waals surface area contributed by atoms with E-state index >= 15 is 0 Å². The van der Waals surface area contributed by atoms with Crippen molar-refractivity contribution in [3.63, 3.8) is 0 Å². The predicted molar refractivity (Wildman–Crippen MR) is 60.8 cm³/mol. The lowest BCUT2D eigenvalue weighted by atomic mass is 10.1. The molecular formula is C12H19NO2. The largest absolute Gasteiger partial charge is 0.508 e. The highest BCUT2D eigenvalue weighted by molar-refractivity contribution is 5.27. The number of phenols is 1. The fourth-order valence-corrected chi connectivity index (χ4v) is 1.28. The number of aliphatic hydroxyl groups is 1. The average molecular weight is 209 g/mol. The summed E-state index contributed by atoms with van der Waals surface area (Å²) in [4.78, 5) is 0. The molecule has 0 radical (unpaired) electrons. The van der Waals surface area contributed by atoms with Crippen LogP contribution in [0.15, 0.2) is 24.3 Å². The molecular weight excluding hydrogens is 190 g/mol. The van der Waals surface area contributed by atoms with Gasteiger partial charge in [-0.05, 0) is 38.5 Å². The Bertz CT molecular complexity index is 300. The zero-order valence-electron chi connectivity index (χ0n) is 9.49. The lowest BCUT2D eigenvalue weighted by Gasteiger charge is -2.21. The van der Waals surface area contributed by atoms with Gasteiger partial charge in [0.2, 0.25) is 0 Å². The minimum atomic E-state index is -0.703. The van der Waals surface area contributed by atoms with E-state index in [9.17, 15) is 5.11 Å². The van der Waals surface area contributed by atoms with Gasteiger partial charge in [-0.25, -0.2) is 0 Å². The van der Waals surface area contributed by atoms with E-state index in [1.807, 2.05) is 19.1 Å². The third-order valence-corrected chi connectivity index (χ3v) is 2.23. The van der Waals surface area contributed by atoms with E-state index in [1.54, 1.807) is 26.0 Å². The summed E-state index contributed by atoms with van der Waals surface area (Å²) in [5.41, 5.74) is 0.391. The summed E-state index contributed by atoms with van der Waals surface area (Å²) in [6, 6.07) is 7.24. The molecule has 1 rings (SSSR count). The van der Waals surface area contributed by atoms with E-state index in [2.05, 4.69) is 5.32 Å². The first-order chi connectivity index (χ1) is 6.88. The lowest BCUT2D eigenvalue weighted by molar-refractivity contribution is 0.0770. The molecule has 0 saturated carbocycles. The molecule has 0 aliphatic heterocycles. The molecule has 1 aromatic carbocycles. The van der Waals surface area contributed by atoms with Gasteiger partial charge in [-0.2, -0.15) is 0 Å². The molecule has 1 unspecified atom stereocenters. The van der Waals surface area contributed by atoms with Crippen LogP contribution >= 0.6 is 0 Å². The first-order valence-corrected chi connectivity index (χ1v) is 5.13. The minimum absolute atomic E-state index is 0.164. The van der Waals surface area contributed by atoms with Crippen LogP contribution in [-0.2, 0) is 0 Å². The van der Waals surface area contributed by atoms with Crippen molar-refractivity contribution in [1.82, 2.24) is 5.32 Å². The highest BCUT2D eigenvalue weighted by Gasteiger charge is 2.14. The molecule has 15 heavy (non-hydrogen) atoms. The topological polar surface area (TPSA) is 52.5 Å². The maximum absolute atomic E-state index is 9.56. The number of hydrogen-bond acceptors (Lipinski definition) is 3. The SMILES string of the molecule is CC(NCC(C)(C)O)c1ccc(O)cc1. The fourth-order valence-electron chi connectivity index (χ4n) is 1.28. The van der Waals surface area contributed by atoms with E-state index in [1.165, 1.54) is 0 Å². The van der Waals surface area contributed by atoms with Crippen LogP contribution in [-0.4, -0.2) is 22.4 Å². The number of phenolic OH excluding ortho intramolecular Hbond substituents is 1. The van der Waals surface area contributed by atoms with Crippen LogP contribution in [0.25, 0.3) is 0 Å². The molecule has 3 heteroatoms. The van der Waals surface area contributed by atoms with Crippen molar-refractivity contribution in [3.05, 3.63) is 29.8 Å². The van der Waals surface area contributed by atoms with Crippen molar-refractivity contribution in [2.75, 3.05) is 6.54 Å². The van der Waals surface area contributed by atoms with Crippen LogP contribution in [0, 0.1) is 0 Å². The minimum Gasteiger partial charge on any atom is -0.508 e. The van der Waals surface area contributed by atoms with Gasteiger partial charge in [-0.1, -0.05) is 12.1 Å². The Morgan fingerprint density at radius 2 is 1.80 bits per heavy atom. The van der Waals surface area contributed by atoms with Crippen LogP contribution in [0.4, 0.5) is 0 Å². The molecule has 0 aliphatic rings. The monoisotopic (exact) mass is 209 g/mol. The summed E-state index contributed by atoms with van der Waals surface area (Å²) in [6.07, 6.45) is 0. The fraction of sp³-hybridized carbons (Fsp3) is 0.500. The van der Waals surface area contributed by atoms with Gasteiger partial charge in [0.05, 0.1) is 5.60 Å².